The van der Waals surface area contributed by atoms with Gasteiger partial charge in [0.15, 0.2) is 0 Å². The molecule has 2 nitrogen and oxygen atoms in total. The quantitative estimate of drug-likeness (QED) is 0.626. The summed E-state index contributed by atoms with van der Waals surface area (Å²) in [5, 5.41) is 3.20. The van der Waals surface area contributed by atoms with Crippen LogP contribution in [0.2, 0.25) is 0 Å². The first kappa shape index (κ1) is 16.7. The van der Waals surface area contributed by atoms with E-state index < -0.39 is 0 Å². The van der Waals surface area contributed by atoms with Gasteiger partial charge in [-0.15, -0.1) is 0 Å². The molecule has 0 heterocycles. The fraction of sp³-hybridized carbons (Fsp3) is 0.611. The number of unbranched alkanes of at least 4 members (excludes halogenated alkanes) is 3. The minimum absolute atomic E-state index is 0.158. The molecule has 0 aliphatic carbocycles. The number of carbonyl (C=O) groups excluding carboxylic acids is 1. The van der Waals surface area contributed by atoms with Crippen molar-refractivity contribution in [1.29, 1.82) is 0 Å². The topological polar surface area (TPSA) is 29.1 Å². The van der Waals surface area contributed by atoms with E-state index in [4.69, 9.17) is 0 Å². The van der Waals surface area contributed by atoms with Crippen molar-refractivity contribution in [2.24, 2.45) is 0 Å². The van der Waals surface area contributed by atoms with Crippen molar-refractivity contribution in [3.8, 4) is 0 Å². The van der Waals surface area contributed by atoms with Crippen molar-refractivity contribution in [2.75, 3.05) is 0 Å². The molecule has 20 heavy (non-hydrogen) atoms. The highest BCUT2D eigenvalue weighted by Crippen LogP contribution is 2.10. The fourth-order valence-corrected chi connectivity index (χ4v) is 2.51. The van der Waals surface area contributed by atoms with E-state index in [0.717, 1.165) is 24.8 Å². The van der Waals surface area contributed by atoms with Crippen LogP contribution in [0.25, 0.3) is 0 Å². The summed E-state index contributed by atoms with van der Waals surface area (Å²) in [5.74, 6) is 0.158. The van der Waals surface area contributed by atoms with Crippen molar-refractivity contribution in [1.82, 2.24) is 5.32 Å². The van der Waals surface area contributed by atoms with Gasteiger partial charge in [-0.05, 0) is 18.4 Å². The van der Waals surface area contributed by atoms with Crippen LogP contribution in [0.15, 0.2) is 30.3 Å². The minimum Gasteiger partial charge on any atom is -0.353 e. The monoisotopic (exact) mass is 275 g/mol. The standard InChI is InChI=1S/C18H29NO/c1-3-5-6-10-14-17(11-4-2)19-18(20)15-16-12-8-7-9-13-16/h7-9,12-13,17H,3-6,10-11,14-15H2,1-2H3,(H,19,20). The molecule has 1 amide bonds. The zero-order valence-electron chi connectivity index (χ0n) is 13.0. The Kier molecular flexibility index (Phi) is 8.77. The predicted octanol–water partition coefficient (Wildman–Crippen LogP) is 4.48. The van der Waals surface area contributed by atoms with Crippen molar-refractivity contribution in [3.63, 3.8) is 0 Å². The fourth-order valence-electron chi connectivity index (χ4n) is 2.51. The molecule has 1 N–H and O–H groups in total. The summed E-state index contributed by atoms with van der Waals surface area (Å²) in [5.41, 5.74) is 1.09. The molecule has 112 valence electrons. The van der Waals surface area contributed by atoms with Crippen LogP contribution in [-0.2, 0) is 11.2 Å². The van der Waals surface area contributed by atoms with Gasteiger partial charge in [0.2, 0.25) is 5.91 Å². The highest BCUT2D eigenvalue weighted by molar-refractivity contribution is 5.78. The second kappa shape index (κ2) is 10.5. The second-order valence-electron chi connectivity index (χ2n) is 5.56. The maximum Gasteiger partial charge on any atom is 0.224 e. The molecule has 2 heteroatoms. The zero-order valence-corrected chi connectivity index (χ0v) is 13.0. The molecule has 1 unspecified atom stereocenters. The van der Waals surface area contributed by atoms with Gasteiger partial charge in [-0.1, -0.05) is 76.3 Å². The SMILES string of the molecule is CCCCCCC(CCC)NC(=O)Cc1ccccc1. The first-order valence-electron chi connectivity index (χ1n) is 8.09. The molecule has 1 atom stereocenters. The molecular weight excluding hydrogens is 246 g/mol. The van der Waals surface area contributed by atoms with Crippen LogP contribution in [0.1, 0.15) is 64.4 Å². The van der Waals surface area contributed by atoms with E-state index in [-0.39, 0.29) is 5.91 Å². The third kappa shape index (κ3) is 7.32. The summed E-state index contributed by atoms with van der Waals surface area (Å²) in [4.78, 5) is 12.1. The lowest BCUT2D eigenvalue weighted by Gasteiger charge is -2.18. The summed E-state index contributed by atoms with van der Waals surface area (Å²) in [7, 11) is 0. The van der Waals surface area contributed by atoms with Crippen LogP contribution in [0.5, 0.6) is 0 Å². The average molecular weight is 275 g/mol. The van der Waals surface area contributed by atoms with E-state index in [1.54, 1.807) is 0 Å². The van der Waals surface area contributed by atoms with E-state index in [0.29, 0.717) is 12.5 Å². The zero-order chi connectivity index (χ0) is 14.6. The highest BCUT2D eigenvalue weighted by atomic mass is 16.1. The van der Waals surface area contributed by atoms with Gasteiger partial charge in [-0.2, -0.15) is 0 Å². The summed E-state index contributed by atoms with van der Waals surface area (Å²) in [6, 6.07) is 10.3. The summed E-state index contributed by atoms with van der Waals surface area (Å²) >= 11 is 0. The number of nitrogens with one attached hydrogen (secondary N) is 1. The minimum atomic E-state index is 0.158. The summed E-state index contributed by atoms with van der Waals surface area (Å²) in [6.45, 7) is 4.41. The molecule has 1 rings (SSSR count). The molecule has 0 bridgehead atoms. The Balaban J connectivity index is 2.34. The Hall–Kier alpha value is -1.31. The molecule has 0 saturated carbocycles. The second-order valence-corrected chi connectivity index (χ2v) is 5.56. The van der Waals surface area contributed by atoms with Gasteiger partial charge < -0.3 is 5.32 Å². The molecule has 0 aromatic heterocycles. The largest absolute Gasteiger partial charge is 0.353 e. The van der Waals surface area contributed by atoms with Crippen molar-refractivity contribution in [2.45, 2.75) is 71.3 Å². The first-order valence-corrected chi connectivity index (χ1v) is 8.09. The van der Waals surface area contributed by atoms with E-state index >= 15 is 0 Å². The highest BCUT2D eigenvalue weighted by Gasteiger charge is 2.11. The lowest BCUT2D eigenvalue weighted by Crippen LogP contribution is -2.35. The Morgan fingerprint density at radius 2 is 1.75 bits per heavy atom. The maximum absolute atomic E-state index is 12.1. The number of hydrogen-bond donors (Lipinski definition) is 1. The summed E-state index contributed by atoms with van der Waals surface area (Å²) in [6.07, 6.45) is 8.91. The van der Waals surface area contributed by atoms with Gasteiger partial charge in [0, 0.05) is 6.04 Å². The Labute approximate surface area is 124 Å². The van der Waals surface area contributed by atoms with Gasteiger partial charge in [0.1, 0.15) is 0 Å². The lowest BCUT2D eigenvalue weighted by molar-refractivity contribution is -0.121. The van der Waals surface area contributed by atoms with E-state index in [2.05, 4.69) is 19.2 Å². The Morgan fingerprint density at radius 3 is 2.40 bits per heavy atom. The van der Waals surface area contributed by atoms with Gasteiger partial charge in [0.05, 0.1) is 6.42 Å². The van der Waals surface area contributed by atoms with E-state index in [9.17, 15) is 4.79 Å². The third-order valence-corrected chi connectivity index (χ3v) is 3.62. The van der Waals surface area contributed by atoms with Crippen LogP contribution in [0.3, 0.4) is 0 Å². The van der Waals surface area contributed by atoms with Crippen molar-refractivity contribution < 1.29 is 4.79 Å². The summed E-state index contributed by atoms with van der Waals surface area (Å²) < 4.78 is 0. The van der Waals surface area contributed by atoms with Gasteiger partial charge in [-0.25, -0.2) is 0 Å². The van der Waals surface area contributed by atoms with Crippen LogP contribution >= 0.6 is 0 Å². The first-order chi connectivity index (χ1) is 9.76. The Morgan fingerprint density at radius 1 is 1.00 bits per heavy atom. The number of carbonyl (C=O) groups is 1. The van der Waals surface area contributed by atoms with Crippen molar-refractivity contribution >= 4 is 5.91 Å². The third-order valence-electron chi connectivity index (χ3n) is 3.62. The van der Waals surface area contributed by atoms with E-state index in [1.165, 1.54) is 25.7 Å². The van der Waals surface area contributed by atoms with E-state index in [1.807, 2.05) is 30.3 Å². The molecule has 0 saturated heterocycles. The molecule has 1 aromatic carbocycles. The number of benzene rings is 1. The number of hydrogen-bond acceptors (Lipinski definition) is 1. The molecule has 1 aromatic rings. The van der Waals surface area contributed by atoms with Crippen molar-refractivity contribution in [3.05, 3.63) is 35.9 Å². The lowest BCUT2D eigenvalue weighted by atomic mass is 10.0. The van der Waals surface area contributed by atoms with Gasteiger partial charge >= 0.3 is 0 Å². The molecule has 0 fully saturated rings. The van der Waals surface area contributed by atoms with Crippen LogP contribution < -0.4 is 5.32 Å². The molecular formula is C18H29NO. The number of rotatable bonds is 10. The van der Waals surface area contributed by atoms with Crippen LogP contribution in [0, 0.1) is 0 Å². The number of amides is 1. The average Bonchev–Trinajstić information content (AvgIpc) is 2.44. The van der Waals surface area contributed by atoms with Crippen LogP contribution in [-0.4, -0.2) is 11.9 Å². The molecule has 0 aliphatic heterocycles. The van der Waals surface area contributed by atoms with Gasteiger partial charge in [-0.3, -0.25) is 4.79 Å². The Bertz CT molecular complexity index is 361. The smallest absolute Gasteiger partial charge is 0.224 e. The van der Waals surface area contributed by atoms with Gasteiger partial charge in [0.25, 0.3) is 0 Å². The molecule has 0 radical (unpaired) electrons. The maximum atomic E-state index is 12.1. The van der Waals surface area contributed by atoms with Crippen LogP contribution in [0.4, 0.5) is 0 Å². The molecule has 0 spiro atoms. The molecule has 0 aliphatic rings. The predicted molar refractivity (Wildman–Crippen MR) is 85.7 cm³/mol. The normalized spacial score (nSPS) is 12.1.